The molecular weight excluding hydrogens is 576 g/mol. The van der Waals surface area contributed by atoms with Gasteiger partial charge in [-0.05, 0) is 78.2 Å². The molecule has 2 N–H and O–H groups in total. The molecule has 0 heterocycles. The minimum Gasteiger partial charge on any atom is -0.484 e. The Morgan fingerprint density at radius 3 is 2.05 bits per heavy atom. The van der Waals surface area contributed by atoms with E-state index >= 15 is 0 Å². The number of hydrogen-bond acceptors (Lipinski definition) is 5. The maximum absolute atomic E-state index is 13.6. The zero-order valence-corrected chi connectivity index (χ0v) is 24.2. The number of amides is 2. The van der Waals surface area contributed by atoms with Gasteiger partial charge in [0.2, 0.25) is 5.91 Å². The molecule has 0 aliphatic carbocycles. The molecule has 0 saturated heterocycles. The Kier molecular flexibility index (Phi) is 10.4. The van der Waals surface area contributed by atoms with Gasteiger partial charge in [0.05, 0.1) is 4.90 Å². The van der Waals surface area contributed by atoms with E-state index in [0.29, 0.717) is 24.1 Å². The lowest BCUT2D eigenvalue weighted by Crippen LogP contribution is -2.45. The van der Waals surface area contributed by atoms with Crippen LogP contribution in [0.5, 0.6) is 5.75 Å². The third-order valence-electron chi connectivity index (χ3n) is 6.40. The van der Waals surface area contributed by atoms with Crippen molar-refractivity contribution in [3.8, 4) is 5.75 Å². The van der Waals surface area contributed by atoms with E-state index in [4.69, 9.17) is 4.74 Å². The predicted molar refractivity (Wildman–Crippen MR) is 159 cm³/mol. The van der Waals surface area contributed by atoms with Crippen molar-refractivity contribution in [2.75, 3.05) is 17.9 Å². The first-order valence-electron chi connectivity index (χ1n) is 13.5. The van der Waals surface area contributed by atoms with E-state index in [1.54, 1.807) is 42.5 Å². The third-order valence-corrected chi connectivity index (χ3v) is 7.80. The van der Waals surface area contributed by atoms with E-state index in [2.05, 4.69) is 10.0 Å². The molecule has 11 heteroatoms. The lowest BCUT2D eigenvalue weighted by Gasteiger charge is -2.31. The fourth-order valence-corrected chi connectivity index (χ4v) is 5.30. The minimum absolute atomic E-state index is 0.00775. The largest absolute Gasteiger partial charge is 0.484 e. The van der Waals surface area contributed by atoms with Crippen molar-refractivity contribution >= 4 is 27.5 Å². The number of benzene rings is 4. The molecule has 8 nitrogen and oxygen atoms in total. The number of nitrogens with zero attached hydrogens (tertiary/aromatic N) is 1. The number of anilines is 1. The Hall–Kier alpha value is -4.77. The minimum atomic E-state index is -3.96. The van der Waals surface area contributed by atoms with Crippen LogP contribution < -0.4 is 14.8 Å². The van der Waals surface area contributed by atoms with Gasteiger partial charge in [0.25, 0.3) is 15.9 Å². The standard InChI is InChI=1S/C32H31F2N3O5S/c1-2-20-35-32(39)31(24-6-4-3-5-7-24)37(21-23-8-10-25(33)11-9-23)30(38)22-42-28-16-18-29(19-17-28)43(40,41)36-27-14-12-26(34)13-15-27/h3-19,31,36H,2,20-22H2,1H3,(H,35,39)/t31-/m1/s1. The molecule has 0 radical (unpaired) electrons. The molecule has 0 bridgehead atoms. The number of carbonyl (C=O) groups is 2. The summed E-state index contributed by atoms with van der Waals surface area (Å²) in [6, 6.07) is 23.8. The molecule has 224 valence electrons. The second-order valence-electron chi connectivity index (χ2n) is 9.62. The zero-order valence-electron chi connectivity index (χ0n) is 23.4. The Morgan fingerprint density at radius 2 is 1.44 bits per heavy atom. The van der Waals surface area contributed by atoms with Gasteiger partial charge in [-0.15, -0.1) is 0 Å². The molecule has 0 aromatic heterocycles. The highest BCUT2D eigenvalue weighted by atomic mass is 32.2. The smallest absolute Gasteiger partial charge is 0.261 e. The van der Waals surface area contributed by atoms with Crippen LogP contribution in [0.2, 0.25) is 0 Å². The summed E-state index contributed by atoms with van der Waals surface area (Å²) in [5.41, 5.74) is 1.40. The van der Waals surface area contributed by atoms with Crippen LogP contribution in [0.15, 0.2) is 108 Å². The molecule has 0 saturated carbocycles. The van der Waals surface area contributed by atoms with Gasteiger partial charge in [0.1, 0.15) is 23.4 Å². The van der Waals surface area contributed by atoms with Crippen molar-refractivity contribution in [2.24, 2.45) is 0 Å². The molecule has 4 rings (SSSR count). The molecule has 4 aromatic carbocycles. The van der Waals surface area contributed by atoms with Gasteiger partial charge < -0.3 is 15.0 Å². The van der Waals surface area contributed by atoms with Crippen LogP contribution in [-0.4, -0.2) is 38.3 Å². The SMILES string of the molecule is CCCNC(=O)[C@@H](c1ccccc1)N(Cc1ccc(F)cc1)C(=O)COc1ccc(S(=O)(=O)Nc2ccc(F)cc2)cc1. The first kappa shape index (κ1) is 31.2. The lowest BCUT2D eigenvalue weighted by atomic mass is 10.0. The van der Waals surface area contributed by atoms with E-state index < -0.39 is 40.2 Å². The summed E-state index contributed by atoms with van der Waals surface area (Å²) < 4.78 is 60.3. The van der Waals surface area contributed by atoms with Crippen LogP contribution in [0.25, 0.3) is 0 Å². The van der Waals surface area contributed by atoms with E-state index in [9.17, 15) is 26.8 Å². The number of rotatable bonds is 13. The summed E-state index contributed by atoms with van der Waals surface area (Å²) in [5.74, 6) is -1.58. The maximum Gasteiger partial charge on any atom is 0.261 e. The summed E-state index contributed by atoms with van der Waals surface area (Å²) in [7, 11) is -3.96. The van der Waals surface area contributed by atoms with Crippen molar-refractivity contribution in [3.63, 3.8) is 0 Å². The molecule has 0 spiro atoms. The molecule has 0 unspecified atom stereocenters. The average molecular weight is 608 g/mol. The fraction of sp³-hybridized carbons (Fsp3) is 0.188. The molecule has 4 aromatic rings. The number of hydrogen-bond donors (Lipinski definition) is 2. The van der Waals surface area contributed by atoms with Gasteiger partial charge >= 0.3 is 0 Å². The zero-order chi connectivity index (χ0) is 30.8. The van der Waals surface area contributed by atoms with Gasteiger partial charge in [0, 0.05) is 18.8 Å². The Bertz CT molecular complexity index is 1620. The van der Waals surface area contributed by atoms with Crippen molar-refractivity contribution in [2.45, 2.75) is 30.8 Å². The molecule has 0 aliphatic heterocycles. The topological polar surface area (TPSA) is 105 Å². The van der Waals surface area contributed by atoms with Crippen molar-refractivity contribution in [3.05, 3.63) is 126 Å². The van der Waals surface area contributed by atoms with Crippen molar-refractivity contribution in [1.82, 2.24) is 10.2 Å². The molecule has 0 fully saturated rings. The highest BCUT2D eigenvalue weighted by molar-refractivity contribution is 7.92. The van der Waals surface area contributed by atoms with Crippen molar-refractivity contribution in [1.29, 1.82) is 0 Å². The van der Waals surface area contributed by atoms with Gasteiger partial charge in [-0.2, -0.15) is 0 Å². The summed E-state index contributed by atoms with van der Waals surface area (Å²) in [6.45, 7) is 1.89. The molecule has 1 atom stereocenters. The Balaban J connectivity index is 1.53. The van der Waals surface area contributed by atoms with E-state index in [-0.39, 0.29) is 28.8 Å². The lowest BCUT2D eigenvalue weighted by molar-refractivity contribution is -0.143. The van der Waals surface area contributed by atoms with Gasteiger partial charge in [0.15, 0.2) is 6.61 Å². The van der Waals surface area contributed by atoms with Crippen LogP contribution in [0, 0.1) is 11.6 Å². The summed E-state index contributed by atoms with van der Waals surface area (Å²) >= 11 is 0. The monoisotopic (exact) mass is 607 g/mol. The first-order chi connectivity index (χ1) is 20.7. The van der Waals surface area contributed by atoms with Crippen LogP contribution in [0.1, 0.15) is 30.5 Å². The van der Waals surface area contributed by atoms with E-state index in [1.165, 1.54) is 53.4 Å². The summed E-state index contributed by atoms with van der Waals surface area (Å²) in [6.07, 6.45) is 0.702. The van der Waals surface area contributed by atoms with Crippen LogP contribution >= 0.6 is 0 Å². The highest BCUT2D eigenvalue weighted by Crippen LogP contribution is 2.25. The van der Waals surface area contributed by atoms with Crippen LogP contribution in [0.4, 0.5) is 14.5 Å². The van der Waals surface area contributed by atoms with Gasteiger partial charge in [-0.1, -0.05) is 49.4 Å². The van der Waals surface area contributed by atoms with Gasteiger partial charge in [-0.25, -0.2) is 17.2 Å². The summed E-state index contributed by atoms with van der Waals surface area (Å²) in [4.78, 5) is 28.3. The molecule has 43 heavy (non-hydrogen) atoms. The Labute approximate surface area is 249 Å². The fourth-order valence-electron chi connectivity index (χ4n) is 4.24. The normalized spacial score (nSPS) is 11.8. The predicted octanol–water partition coefficient (Wildman–Crippen LogP) is 5.44. The average Bonchev–Trinajstić information content (AvgIpc) is 3.01. The number of ether oxygens (including phenoxy) is 1. The third kappa shape index (κ3) is 8.62. The highest BCUT2D eigenvalue weighted by Gasteiger charge is 2.31. The van der Waals surface area contributed by atoms with Crippen LogP contribution in [-0.2, 0) is 26.2 Å². The second kappa shape index (κ2) is 14.4. The van der Waals surface area contributed by atoms with E-state index in [1.807, 2.05) is 6.92 Å². The molecular formula is C32H31F2N3O5S. The number of sulfonamides is 1. The Morgan fingerprint density at radius 1 is 0.837 bits per heavy atom. The number of halogens is 2. The first-order valence-corrected chi connectivity index (χ1v) is 15.0. The second-order valence-corrected chi connectivity index (χ2v) is 11.3. The molecule has 0 aliphatic rings. The quantitative estimate of drug-likeness (QED) is 0.211. The maximum atomic E-state index is 13.6. The van der Waals surface area contributed by atoms with E-state index in [0.717, 1.165) is 12.1 Å². The number of carbonyl (C=O) groups excluding carboxylic acids is 2. The van der Waals surface area contributed by atoms with Crippen molar-refractivity contribution < 1.29 is 31.5 Å². The summed E-state index contributed by atoms with van der Waals surface area (Å²) in [5, 5.41) is 2.86. The van der Waals surface area contributed by atoms with Gasteiger partial charge in [-0.3, -0.25) is 14.3 Å². The number of nitrogens with one attached hydrogen (secondary N) is 2. The molecule has 2 amide bonds. The van der Waals surface area contributed by atoms with Crippen LogP contribution in [0.3, 0.4) is 0 Å².